The van der Waals surface area contributed by atoms with E-state index in [4.69, 9.17) is 16.4 Å². The quantitative estimate of drug-likeness (QED) is 0.397. The van der Waals surface area contributed by atoms with Gasteiger partial charge in [-0.25, -0.2) is 31.5 Å². The number of hydrogen-bond acceptors (Lipinski definition) is 7. The number of nitrogens with two attached hydrogens (primary N) is 2. The smallest absolute Gasteiger partial charge is 0.352 e. The van der Waals surface area contributed by atoms with Crippen LogP contribution in [0.3, 0.4) is 0 Å². The molecule has 0 fully saturated rings. The predicted octanol–water partition coefficient (Wildman–Crippen LogP) is 2.70. The van der Waals surface area contributed by atoms with E-state index in [1.165, 1.54) is 18.4 Å². The Balaban J connectivity index is 1.82. The lowest BCUT2D eigenvalue weighted by molar-refractivity contribution is 0.216. The second-order valence-electron chi connectivity index (χ2n) is 5.86. The van der Waals surface area contributed by atoms with Gasteiger partial charge < -0.3 is 4.74 Å². The van der Waals surface area contributed by atoms with Crippen molar-refractivity contribution in [3.05, 3.63) is 58.4 Å². The molecule has 2 aromatic heterocycles. The van der Waals surface area contributed by atoms with E-state index in [0.29, 0.717) is 11.6 Å². The molecule has 0 aliphatic carbocycles. The average Bonchev–Trinajstić information content (AvgIpc) is 3.20. The van der Waals surface area contributed by atoms with Gasteiger partial charge in [-0.1, -0.05) is 18.2 Å². The van der Waals surface area contributed by atoms with Gasteiger partial charge in [0.15, 0.2) is 0 Å². The molecule has 0 atom stereocenters. The third-order valence-corrected chi connectivity index (χ3v) is 4.52. The number of urea groups is 1. The van der Waals surface area contributed by atoms with Gasteiger partial charge in [0.05, 0.1) is 22.6 Å². The molecule has 0 unspecified atom stereocenters. The molecule has 1 aromatic carbocycles. The van der Waals surface area contributed by atoms with Crippen LogP contribution in [0, 0.1) is 6.92 Å². The highest BCUT2D eigenvalue weighted by Crippen LogP contribution is 2.25. The summed E-state index contributed by atoms with van der Waals surface area (Å²) in [6.45, 7) is 2.12. The standard InChI is InChI=1S/C18H20N6O2S/c1-12-5-3-7-16(24(20)18(25)23(2)19)13(12)9-26-17-8-4-6-14(22-17)15-10-27-11-21-15/h3-8,10-11H,9,19-20H2,1-2H3. The fraction of sp³-hybridized carbons (Fsp3) is 0.167. The van der Waals surface area contributed by atoms with Gasteiger partial charge in [-0.15, -0.1) is 11.3 Å². The van der Waals surface area contributed by atoms with E-state index < -0.39 is 6.03 Å². The number of ether oxygens (including phenoxy) is 1. The predicted molar refractivity (Wildman–Crippen MR) is 105 cm³/mol. The van der Waals surface area contributed by atoms with Crippen LogP contribution in [0.2, 0.25) is 0 Å². The molecular weight excluding hydrogens is 364 g/mol. The molecule has 140 valence electrons. The fourth-order valence-corrected chi connectivity index (χ4v) is 3.04. The van der Waals surface area contributed by atoms with Crippen molar-refractivity contribution in [2.45, 2.75) is 13.5 Å². The highest BCUT2D eigenvalue weighted by molar-refractivity contribution is 7.07. The number of anilines is 1. The number of rotatable bonds is 5. The van der Waals surface area contributed by atoms with Gasteiger partial charge in [0.2, 0.25) is 5.88 Å². The van der Waals surface area contributed by atoms with Gasteiger partial charge in [0.25, 0.3) is 0 Å². The number of thiazole rings is 1. The van der Waals surface area contributed by atoms with E-state index in [-0.39, 0.29) is 6.61 Å². The van der Waals surface area contributed by atoms with Crippen LogP contribution in [0.4, 0.5) is 10.5 Å². The zero-order chi connectivity index (χ0) is 19.4. The van der Waals surface area contributed by atoms with Crippen LogP contribution in [0.25, 0.3) is 11.4 Å². The van der Waals surface area contributed by atoms with Crippen LogP contribution in [-0.4, -0.2) is 28.1 Å². The molecule has 2 amide bonds. The summed E-state index contributed by atoms with van der Waals surface area (Å²) in [4.78, 5) is 20.8. The summed E-state index contributed by atoms with van der Waals surface area (Å²) >= 11 is 1.51. The van der Waals surface area contributed by atoms with Gasteiger partial charge in [-0.05, 0) is 24.6 Å². The van der Waals surface area contributed by atoms with Crippen LogP contribution in [0.15, 0.2) is 47.3 Å². The highest BCUT2D eigenvalue weighted by atomic mass is 32.1. The van der Waals surface area contributed by atoms with Crippen LogP contribution < -0.4 is 21.4 Å². The lowest BCUT2D eigenvalue weighted by Gasteiger charge is -2.24. The highest BCUT2D eigenvalue weighted by Gasteiger charge is 2.19. The van der Waals surface area contributed by atoms with E-state index in [9.17, 15) is 4.79 Å². The molecule has 27 heavy (non-hydrogen) atoms. The van der Waals surface area contributed by atoms with Crippen molar-refractivity contribution in [1.29, 1.82) is 0 Å². The summed E-state index contributed by atoms with van der Waals surface area (Å²) in [5, 5.41) is 3.85. The molecule has 0 bridgehead atoms. The molecule has 0 aliphatic rings. The number of hydrazine groups is 2. The zero-order valence-electron chi connectivity index (χ0n) is 15.0. The maximum Gasteiger partial charge on any atom is 0.352 e. The number of aromatic nitrogens is 2. The van der Waals surface area contributed by atoms with Crippen molar-refractivity contribution in [2.75, 3.05) is 12.1 Å². The van der Waals surface area contributed by atoms with E-state index in [2.05, 4.69) is 9.97 Å². The molecule has 3 aromatic rings. The molecule has 8 nitrogen and oxygen atoms in total. The van der Waals surface area contributed by atoms with Crippen molar-refractivity contribution in [3.63, 3.8) is 0 Å². The Kier molecular flexibility index (Phi) is 5.65. The first-order chi connectivity index (χ1) is 13.0. The van der Waals surface area contributed by atoms with Crippen molar-refractivity contribution in [1.82, 2.24) is 15.0 Å². The lowest BCUT2D eigenvalue weighted by Crippen LogP contribution is -2.49. The lowest BCUT2D eigenvalue weighted by atomic mass is 10.1. The number of nitrogens with zero attached hydrogens (tertiary/aromatic N) is 4. The molecule has 3 rings (SSSR count). The topological polar surface area (TPSA) is 111 Å². The molecule has 2 heterocycles. The molecule has 0 radical (unpaired) electrons. The number of aryl methyl sites for hydroxylation is 1. The number of amides is 2. The minimum Gasteiger partial charge on any atom is -0.473 e. The summed E-state index contributed by atoms with van der Waals surface area (Å²) in [5.41, 5.74) is 5.52. The minimum atomic E-state index is -0.537. The van der Waals surface area contributed by atoms with Crippen molar-refractivity contribution >= 4 is 23.1 Å². The Labute approximate surface area is 160 Å². The van der Waals surface area contributed by atoms with E-state index in [1.807, 2.05) is 36.6 Å². The second-order valence-corrected chi connectivity index (χ2v) is 6.58. The third kappa shape index (κ3) is 4.22. The van der Waals surface area contributed by atoms with Crippen molar-refractivity contribution in [2.24, 2.45) is 11.7 Å². The SMILES string of the molecule is Cc1cccc(N(N)C(=O)N(C)N)c1COc1cccc(-c2cscn2)n1. The third-order valence-electron chi connectivity index (χ3n) is 3.94. The second kappa shape index (κ2) is 8.12. The number of pyridine rings is 1. The molecule has 0 aliphatic heterocycles. The molecule has 0 saturated carbocycles. The van der Waals surface area contributed by atoms with Gasteiger partial charge in [-0.2, -0.15) is 0 Å². The fourth-order valence-electron chi connectivity index (χ4n) is 2.50. The first-order valence-corrected chi connectivity index (χ1v) is 9.05. The van der Waals surface area contributed by atoms with Crippen molar-refractivity contribution < 1.29 is 9.53 Å². The number of benzene rings is 1. The molecular formula is C18H20N6O2S. The summed E-state index contributed by atoms with van der Waals surface area (Å²) in [5.74, 6) is 11.9. The minimum absolute atomic E-state index is 0.199. The van der Waals surface area contributed by atoms with E-state index in [0.717, 1.165) is 32.5 Å². The summed E-state index contributed by atoms with van der Waals surface area (Å²) in [7, 11) is 1.43. The molecule has 4 N–H and O–H groups in total. The molecule has 0 spiro atoms. The van der Waals surface area contributed by atoms with Crippen LogP contribution in [0.5, 0.6) is 5.88 Å². The van der Waals surface area contributed by atoms with E-state index >= 15 is 0 Å². The van der Waals surface area contributed by atoms with Gasteiger partial charge in [0, 0.05) is 24.1 Å². The molecule has 0 saturated heterocycles. The summed E-state index contributed by atoms with van der Waals surface area (Å²) < 4.78 is 5.87. The Morgan fingerprint density at radius 3 is 2.67 bits per heavy atom. The normalized spacial score (nSPS) is 10.5. The maximum atomic E-state index is 12.1. The molecule has 9 heteroatoms. The Morgan fingerprint density at radius 1 is 1.19 bits per heavy atom. The number of carbonyl (C=O) groups is 1. The van der Waals surface area contributed by atoms with Crippen LogP contribution >= 0.6 is 11.3 Å². The Hall–Kier alpha value is -3.01. The van der Waals surface area contributed by atoms with Crippen molar-refractivity contribution in [3.8, 4) is 17.3 Å². The Morgan fingerprint density at radius 2 is 1.96 bits per heavy atom. The monoisotopic (exact) mass is 384 g/mol. The van der Waals surface area contributed by atoms with Crippen LogP contribution in [0.1, 0.15) is 11.1 Å². The Bertz CT molecular complexity index is 929. The largest absolute Gasteiger partial charge is 0.473 e. The summed E-state index contributed by atoms with van der Waals surface area (Å²) in [6.07, 6.45) is 0. The zero-order valence-corrected chi connectivity index (χ0v) is 15.8. The summed E-state index contributed by atoms with van der Waals surface area (Å²) in [6, 6.07) is 10.4. The number of hydrogen-bond donors (Lipinski definition) is 2. The number of carbonyl (C=O) groups excluding carboxylic acids is 1. The van der Waals surface area contributed by atoms with Gasteiger partial charge in [-0.3, -0.25) is 5.01 Å². The van der Waals surface area contributed by atoms with Gasteiger partial charge >= 0.3 is 6.03 Å². The average molecular weight is 384 g/mol. The van der Waals surface area contributed by atoms with E-state index in [1.54, 1.807) is 17.6 Å². The maximum absolute atomic E-state index is 12.1. The first kappa shape index (κ1) is 18.8. The first-order valence-electron chi connectivity index (χ1n) is 8.11. The van der Waals surface area contributed by atoms with Gasteiger partial charge in [0.1, 0.15) is 6.61 Å². The van der Waals surface area contributed by atoms with Crippen LogP contribution in [-0.2, 0) is 6.61 Å².